The van der Waals surface area contributed by atoms with Gasteiger partial charge in [0, 0.05) is 46.6 Å². The molecule has 3 aliphatic carbocycles. The Morgan fingerprint density at radius 1 is 1.06 bits per heavy atom. The molecule has 1 aliphatic heterocycles. The minimum Gasteiger partial charge on any atom is -0.456 e. The number of Topliss-reactive ketones (excluding diaryl/α,β-unsaturated/α-hetero) is 1. The highest BCUT2D eigenvalue weighted by Crippen LogP contribution is 2.64. The van der Waals surface area contributed by atoms with Gasteiger partial charge in [0.05, 0.1) is 29.6 Å². The van der Waals surface area contributed by atoms with Gasteiger partial charge in [-0.05, 0) is 44.1 Å². The van der Waals surface area contributed by atoms with Crippen molar-refractivity contribution < 1.29 is 62.4 Å². The van der Waals surface area contributed by atoms with Crippen LogP contribution in [0.3, 0.4) is 0 Å². The Morgan fingerprint density at radius 2 is 1.71 bits per heavy atom. The van der Waals surface area contributed by atoms with Crippen molar-refractivity contribution in [2.24, 2.45) is 16.7 Å². The quantitative estimate of drug-likeness (QED) is 0.136. The lowest BCUT2D eigenvalue weighted by atomic mass is 9.44. The number of aliphatic hydroxyl groups is 2. The zero-order valence-electron chi connectivity index (χ0n) is 30.2. The van der Waals surface area contributed by atoms with Crippen LogP contribution in [0.25, 0.3) is 0 Å². The van der Waals surface area contributed by atoms with E-state index < -0.39 is 100 Å². The average Bonchev–Trinajstić information content (AvgIpc) is 3.08. The topological polar surface area (TPSA) is 193 Å². The predicted octanol–water partition coefficient (Wildman–Crippen LogP) is 2.74. The maximum absolute atomic E-state index is 15.3. The number of ketones is 1. The first-order chi connectivity index (χ1) is 24.3. The summed E-state index contributed by atoms with van der Waals surface area (Å²) in [6, 6.07) is 7.48. The highest BCUT2D eigenvalue weighted by molar-refractivity contribution is 8.00. The molecule has 0 amide bonds. The highest BCUT2D eigenvalue weighted by Gasteiger charge is 2.78. The Hall–Kier alpha value is -2.40. The Balaban J connectivity index is 1.81. The number of aliphatic hydroxyl groups excluding tert-OH is 1. The number of carbonyl (C=O) groups excluding carboxylic acids is 5. The lowest BCUT2D eigenvalue weighted by Gasteiger charge is -2.67. The second-order valence-electron chi connectivity index (χ2n) is 14.8. The van der Waals surface area contributed by atoms with Crippen molar-refractivity contribution in [2.75, 3.05) is 6.61 Å². The number of carbonyl (C=O) groups is 5. The summed E-state index contributed by atoms with van der Waals surface area (Å²) in [6.07, 6.45) is -8.73. The van der Waals surface area contributed by atoms with E-state index in [2.05, 4.69) is 23.4 Å². The van der Waals surface area contributed by atoms with Crippen molar-refractivity contribution in [3.05, 3.63) is 47.0 Å². The number of benzene rings is 1. The summed E-state index contributed by atoms with van der Waals surface area (Å²) in [5.41, 5.74) is -6.87. The van der Waals surface area contributed by atoms with Crippen LogP contribution in [0.15, 0.2) is 41.5 Å². The van der Waals surface area contributed by atoms with E-state index in [0.29, 0.717) is 5.57 Å². The molecule has 17 heteroatoms. The third-order valence-corrected chi connectivity index (χ3v) is 12.9. The van der Waals surface area contributed by atoms with E-state index in [1.54, 1.807) is 45.9 Å². The van der Waals surface area contributed by atoms with E-state index in [1.165, 1.54) is 26.0 Å². The largest absolute Gasteiger partial charge is 0.456 e. The van der Waals surface area contributed by atoms with Gasteiger partial charge in [-0.3, -0.25) is 19.5 Å². The van der Waals surface area contributed by atoms with Crippen molar-refractivity contribution in [1.29, 1.82) is 0 Å². The maximum Gasteiger partial charge on any atom is 0.338 e. The van der Waals surface area contributed by atoms with Crippen LogP contribution in [-0.4, -0.2) is 100 Å². The minimum atomic E-state index is -2.24. The first-order valence-electron chi connectivity index (χ1n) is 17.0. The van der Waals surface area contributed by atoms with Crippen LogP contribution in [0.5, 0.6) is 0 Å². The molecular weight excluding hydrogens is 735 g/mol. The first kappa shape index (κ1) is 40.8. The first-order valence-corrected chi connectivity index (χ1v) is 20.3. The number of hydrogen-bond acceptors (Lipinski definition) is 14. The van der Waals surface area contributed by atoms with Crippen molar-refractivity contribution in [2.45, 2.75) is 115 Å². The summed E-state index contributed by atoms with van der Waals surface area (Å²) in [5.74, 6) is -5.45. The Bertz CT molecular complexity index is 1640. The SMILES string of the molecule is CC(=O)O[C@H]1C(=O)[C@@]2(C)[C@H]([C@H](OC(=O)c3ccccc3)[C@]3(O)C[C@H](OC(=O)[C@H](OPP)[C@H](C)NP)C(C)=C1C3(C)C)[C@]1(OC(C)=O)CO[C@@H]1C[C@@H]2O. The molecule has 286 valence electrons. The molecule has 1 heterocycles. The van der Waals surface area contributed by atoms with Crippen LogP contribution in [0.4, 0.5) is 0 Å². The number of ether oxygens (including phenoxy) is 5. The van der Waals surface area contributed by atoms with Crippen LogP contribution < -0.4 is 5.09 Å². The van der Waals surface area contributed by atoms with Crippen LogP contribution in [0, 0.1) is 16.7 Å². The monoisotopic (exact) mass is 783 g/mol. The van der Waals surface area contributed by atoms with Gasteiger partial charge in [0.15, 0.2) is 23.6 Å². The van der Waals surface area contributed by atoms with Gasteiger partial charge in [-0.2, -0.15) is 0 Å². The van der Waals surface area contributed by atoms with Gasteiger partial charge in [-0.1, -0.05) is 50.4 Å². The van der Waals surface area contributed by atoms with Crippen molar-refractivity contribution >= 4 is 56.5 Å². The van der Waals surface area contributed by atoms with Crippen molar-refractivity contribution in [3.63, 3.8) is 0 Å². The van der Waals surface area contributed by atoms with Crippen molar-refractivity contribution in [3.8, 4) is 0 Å². The smallest absolute Gasteiger partial charge is 0.338 e. The summed E-state index contributed by atoms with van der Waals surface area (Å²) >= 11 is 0. The van der Waals surface area contributed by atoms with Gasteiger partial charge in [-0.25, -0.2) is 9.59 Å². The van der Waals surface area contributed by atoms with E-state index in [-0.39, 0.29) is 39.1 Å². The molecule has 2 bridgehead atoms. The molecule has 0 spiro atoms. The maximum atomic E-state index is 15.3. The molecule has 3 unspecified atom stereocenters. The molecule has 1 saturated heterocycles. The van der Waals surface area contributed by atoms with E-state index in [0.717, 1.165) is 6.92 Å². The third kappa shape index (κ3) is 6.55. The van der Waals surface area contributed by atoms with Gasteiger partial charge in [0.1, 0.15) is 23.9 Å². The molecule has 14 nitrogen and oxygen atoms in total. The van der Waals surface area contributed by atoms with Gasteiger partial charge >= 0.3 is 23.9 Å². The number of fused-ring (bicyclic) bond motifs is 5. The lowest BCUT2D eigenvalue weighted by Crippen LogP contribution is -2.82. The summed E-state index contributed by atoms with van der Waals surface area (Å²) in [5, 5.41) is 28.3. The van der Waals surface area contributed by atoms with E-state index in [1.807, 2.05) is 0 Å². The number of nitrogens with one attached hydrogen (secondary N) is 1. The molecule has 3 N–H and O–H groups in total. The molecule has 1 aromatic carbocycles. The number of esters is 4. The van der Waals surface area contributed by atoms with Gasteiger partial charge in [0.25, 0.3) is 0 Å². The summed E-state index contributed by atoms with van der Waals surface area (Å²) in [7, 11) is 4.56. The van der Waals surface area contributed by atoms with Crippen molar-refractivity contribution in [1.82, 2.24) is 5.09 Å². The molecule has 52 heavy (non-hydrogen) atoms. The molecule has 1 aromatic rings. The number of hydrogen-bond donors (Lipinski definition) is 3. The fourth-order valence-corrected chi connectivity index (χ4v) is 9.80. The lowest BCUT2D eigenvalue weighted by molar-refractivity contribution is -0.346. The highest BCUT2D eigenvalue weighted by atomic mass is 32.0. The van der Waals surface area contributed by atoms with Crippen LogP contribution in [0.1, 0.15) is 71.7 Å². The Labute approximate surface area is 309 Å². The zero-order chi connectivity index (χ0) is 38.6. The summed E-state index contributed by atoms with van der Waals surface area (Å²) in [4.78, 5) is 68.8. The molecule has 3 fully saturated rings. The second kappa shape index (κ2) is 15.0. The third-order valence-electron chi connectivity index (χ3n) is 11.6. The Kier molecular flexibility index (Phi) is 11.8. The molecule has 14 atom stereocenters. The molecule has 0 radical (unpaired) electrons. The van der Waals surface area contributed by atoms with E-state index >= 15 is 4.79 Å². The predicted molar refractivity (Wildman–Crippen MR) is 194 cm³/mol. The molecule has 0 aromatic heterocycles. The fraction of sp³-hybridized carbons (Fsp3) is 0.629. The Morgan fingerprint density at radius 3 is 2.25 bits per heavy atom. The number of rotatable bonds is 10. The van der Waals surface area contributed by atoms with Gasteiger partial charge in [0.2, 0.25) is 0 Å². The van der Waals surface area contributed by atoms with Gasteiger partial charge < -0.3 is 38.4 Å². The average molecular weight is 784 g/mol. The minimum absolute atomic E-state index is 0.114. The zero-order valence-corrected chi connectivity index (χ0v) is 33.5. The second-order valence-corrected chi connectivity index (χ2v) is 16.3. The van der Waals surface area contributed by atoms with Crippen LogP contribution >= 0.6 is 26.8 Å². The standard InChI is InChI=1S/C35H48NO13P3/c1-16-21(46-31(42)25(49-52-51)17(2)36-50)14-35(43)29(47-30(41)20-11-9-8-10-12-20)27-33(7,22(39)13-23-34(27,15-44-23)48-19(4)38)28(40)26(45-18(3)37)24(16)32(35,5)6/h8-12,17,21-23,25-27,29,36,39,43,52H,13-15,50-51H2,1-7H3/t17-,21-,22-,23+,25+,26+,27-,29-,33+,34-,35+/m0/s1. The molecule has 4 aliphatic rings. The molecule has 2 saturated carbocycles. The summed E-state index contributed by atoms with van der Waals surface area (Å²) < 4.78 is 35.9. The normalized spacial score (nSPS) is 36.2. The molecule has 5 rings (SSSR count). The van der Waals surface area contributed by atoms with Crippen LogP contribution in [0.2, 0.25) is 0 Å². The summed E-state index contributed by atoms with van der Waals surface area (Å²) in [6.45, 7) is 10.1. The fourth-order valence-electron chi connectivity index (χ4n) is 8.74. The van der Waals surface area contributed by atoms with Gasteiger partial charge in [-0.15, -0.1) is 0 Å². The van der Waals surface area contributed by atoms with E-state index in [4.69, 9.17) is 28.2 Å². The van der Waals surface area contributed by atoms with Crippen LogP contribution in [-0.2, 0) is 47.4 Å². The molecular formula is C35H48NO13P3. The van der Waals surface area contributed by atoms with E-state index in [9.17, 15) is 29.4 Å².